The molecule has 1 unspecified atom stereocenters. The van der Waals surface area contributed by atoms with Crippen LogP contribution in [0.1, 0.15) is 33.2 Å². The Bertz CT molecular complexity index is 1660. The average Bonchev–Trinajstić information content (AvgIpc) is 3.67. The lowest BCUT2D eigenvalue weighted by molar-refractivity contribution is 0.0593. The summed E-state index contributed by atoms with van der Waals surface area (Å²) >= 11 is 7.42. The highest BCUT2D eigenvalue weighted by Crippen LogP contribution is 2.29. The molecule has 2 saturated heterocycles. The number of likely N-dealkylation sites (N-methyl/N-ethyl adjacent to an activating group) is 1. The van der Waals surface area contributed by atoms with E-state index in [1.165, 1.54) is 30.9 Å². The maximum absolute atomic E-state index is 13.8. The molecule has 5 heterocycles. The average molecular weight is 627 g/mol. The maximum atomic E-state index is 13.8. The molecule has 15 heteroatoms. The van der Waals surface area contributed by atoms with E-state index in [4.69, 9.17) is 11.6 Å². The number of nitrogens with one attached hydrogen (secondary N) is 1. The lowest BCUT2D eigenvalue weighted by Crippen LogP contribution is -2.59. The zero-order valence-electron chi connectivity index (χ0n) is 22.0. The molecule has 2 aromatic heterocycles. The van der Waals surface area contributed by atoms with E-state index < -0.39 is 26.1 Å². The maximum Gasteiger partial charge on any atom is 0.283 e. The molecule has 1 N–H and O–H groups in total. The highest BCUT2D eigenvalue weighted by molar-refractivity contribution is 7.89. The van der Waals surface area contributed by atoms with Gasteiger partial charge >= 0.3 is 0 Å². The number of aromatic amines is 1. The smallest absolute Gasteiger partial charge is 0.283 e. The Morgan fingerprint density at radius 1 is 1.07 bits per heavy atom. The van der Waals surface area contributed by atoms with Crippen LogP contribution in [0.2, 0.25) is 5.02 Å². The number of thiazole rings is 1. The molecular weight excluding hydrogens is 596 g/mol. The zero-order valence-corrected chi connectivity index (χ0v) is 25.3. The summed E-state index contributed by atoms with van der Waals surface area (Å²) in [5, 5.41) is 1.48. The lowest BCUT2D eigenvalue weighted by Gasteiger charge is -2.40. The molecule has 1 aromatic carbocycles. The summed E-state index contributed by atoms with van der Waals surface area (Å²) in [5.74, 6) is -0.693. The Morgan fingerprint density at radius 2 is 1.85 bits per heavy atom. The highest BCUT2D eigenvalue weighted by atomic mass is 35.5. The molecule has 0 aliphatic carbocycles. The minimum absolute atomic E-state index is 0.00223. The molecule has 216 valence electrons. The molecule has 2 fully saturated rings. The molecule has 3 aliphatic heterocycles. The van der Waals surface area contributed by atoms with Gasteiger partial charge in [-0.3, -0.25) is 4.79 Å². The van der Waals surface area contributed by atoms with E-state index in [0.29, 0.717) is 34.0 Å². The molecule has 0 radical (unpaired) electrons. The molecule has 1 atom stereocenters. The van der Waals surface area contributed by atoms with Crippen LogP contribution in [0, 0.1) is 0 Å². The lowest BCUT2D eigenvalue weighted by atomic mass is 10.2. The number of benzene rings is 1. The Kier molecular flexibility index (Phi) is 7.47. The molecule has 40 heavy (non-hydrogen) atoms. The van der Waals surface area contributed by atoms with Gasteiger partial charge in [-0.05, 0) is 44.2 Å². The molecule has 1 amide bonds. The van der Waals surface area contributed by atoms with Crippen LogP contribution in [-0.2, 0) is 33.0 Å². The van der Waals surface area contributed by atoms with Crippen LogP contribution in [0.15, 0.2) is 29.3 Å². The first-order valence-electron chi connectivity index (χ1n) is 13.3. The van der Waals surface area contributed by atoms with Crippen LogP contribution in [0.4, 0.5) is 0 Å². The first kappa shape index (κ1) is 28.1. The van der Waals surface area contributed by atoms with E-state index in [2.05, 4.69) is 14.9 Å². The number of carbonyl (C=O) groups is 1. The number of H-pyrrole nitrogens is 1. The summed E-state index contributed by atoms with van der Waals surface area (Å²) in [6.07, 6.45) is 2.33. The molecule has 0 bridgehead atoms. The number of nitrogens with zero attached hydrogens (tertiary/aromatic N) is 5. The number of carbonyl (C=O) groups excluding carboxylic acids is 1. The Labute approximate surface area is 242 Å². The standard InChI is InChI=1S/C25H31ClN6O5S3/c1-29-9-6-21-22(15-29)38-24(28-21)25(33)32-11-10-31(14-19(32)16-39(34,35)30-7-2-3-8-30)40(36,37)23-13-17-12-18(26)4-5-20(17)27-23/h4-5,12-13,19,27H,2-3,6-11,14-16H2,1H3. The Hall–Kier alpha value is -2.07. The predicted octanol–water partition coefficient (Wildman–Crippen LogP) is 2.21. The van der Waals surface area contributed by atoms with Gasteiger partial charge in [0, 0.05) is 73.0 Å². The fourth-order valence-electron chi connectivity index (χ4n) is 5.66. The Morgan fingerprint density at radius 3 is 2.62 bits per heavy atom. The fraction of sp³-hybridized carbons (Fsp3) is 0.520. The molecule has 0 saturated carbocycles. The number of amides is 1. The van der Waals surface area contributed by atoms with E-state index in [1.807, 2.05) is 7.05 Å². The zero-order chi connectivity index (χ0) is 28.2. The van der Waals surface area contributed by atoms with Gasteiger partial charge in [-0.15, -0.1) is 11.3 Å². The van der Waals surface area contributed by atoms with Crippen LogP contribution < -0.4 is 0 Å². The fourth-order valence-corrected chi connectivity index (χ4v) is 10.3. The summed E-state index contributed by atoms with van der Waals surface area (Å²) in [4.78, 5) is 26.0. The molecule has 0 spiro atoms. The van der Waals surface area contributed by atoms with E-state index in [0.717, 1.165) is 42.9 Å². The van der Waals surface area contributed by atoms with Gasteiger partial charge in [0.05, 0.1) is 17.5 Å². The number of aromatic nitrogens is 2. The quantitative estimate of drug-likeness (QED) is 0.444. The molecule has 3 aliphatic rings. The van der Waals surface area contributed by atoms with Gasteiger partial charge in [0.2, 0.25) is 10.0 Å². The first-order valence-corrected chi connectivity index (χ1v) is 17.5. The minimum Gasteiger partial charge on any atom is -0.345 e. The van der Waals surface area contributed by atoms with Crippen molar-refractivity contribution in [3.8, 4) is 0 Å². The van der Waals surface area contributed by atoms with Gasteiger partial charge < -0.3 is 14.8 Å². The topological polar surface area (TPSA) is 127 Å². The molecule has 6 rings (SSSR count). The molecule has 3 aromatic rings. The third kappa shape index (κ3) is 5.30. The van der Waals surface area contributed by atoms with Gasteiger partial charge in [-0.25, -0.2) is 26.1 Å². The highest BCUT2D eigenvalue weighted by Gasteiger charge is 2.41. The molecular formula is C25H31ClN6O5S3. The second-order valence-electron chi connectivity index (χ2n) is 10.6. The van der Waals surface area contributed by atoms with Gasteiger partial charge in [0.1, 0.15) is 5.03 Å². The van der Waals surface area contributed by atoms with E-state index in [-0.39, 0.29) is 36.3 Å². The van der Waals surface area contributed by atoms with E-state index in [9.17, 15) is 21.6 Å². The first-order chi connectivity index (χ1) is 19.0. The van der Waals surface area contributed by atoms with Gasteiger partial charge in [-0.1, -0.05) is 11.6 Å². The minimum atomic E-state index is -4.00. The van der Waals surface area contributed by atoms with Crippen molar-refractivity contribution < 1.29 is 21.6 Å². The van der Waals surface area contributed by atoms with E-state index in [1.54, 1.807) is 18.2 Å². The largest absolute Gasteiger partial charge is 0.345 e. The SMILES string of the molecule is CN1CCc2nc(C(=O)N3CCN(S(=O)(=O)c4cc5cc(Cl)ccc5[nH]4)CC3CS(=O)(=O)N3CCCC3)sc2C1. The van der Waals surface area contributed by atoms with Crippen molar-refractivity contribution in [3.05, 3.63) is 44.9 Å². The van der Waals surface area contributed by atoms with Gasteiger partial charge in [0.25, 0.3) is 15.9 Å². The van der Waals surface area contributed by atoms with Crippen LogP contribution in [-0.4, -0.2) is 109 Å². The molecule has 11 nitrogen and oxygen atoms in total. The number of hydrogen-bond acceptors (Lipinski definition) is 8. The van der Waals surface area contributed by atoms with Crippen LogP contribution in [0.3, 0.4) is 0 Å². The third-order valence-corrected chi connectivity index (χ3v) is 12.9. The summed E-state index contributed by atoms with van der Waals surface area (Å²) in [5.41, 5.74) is 1.54. The Balaban J connectivity index is 1.30. The third-order valence-electron chi connectivity index (χ3n) is 7.85. The number of sulfonamides is 2. The van der Waals surface area contributed by atoms with Crippen molar-refractivity contribution in [2.75, 3.05) is 52.1 Å². The summed E-state index contributed by atoms with van der Waals surface area (Å²) in [7, 11) is -5.68. The van der Waals surface area contributed by atoms with Gasteiger partial charge in [0.15, 0.2) is 5.01 Å². The van der Waals surface area contributed by atoms with Crippen LogP contribution in [0.25, 0.3) is 10.9 Å². The number of rotatable bonds is 6. The van der Waals surface area contributed by atoms with Crippen molar-refractivity contribution in [2.24, 2.45) is 0 Å². The number of fused-ring (bicyclic) bond motifs is 2. The second-order valence-corrected chi connectivity index (χ2v) is 16.1. The van der Waals surface area contributed by atoms with Crippen molar-refractivity contribution in [2.45, 2.75) is 36.9 Å². The number of hydrogen-bond donors (Lipinski definition) is 1. The summed E-state index contributed by atoms with van der Waals surface area (Å²) in [6, 6.07) is 5.74. The predicted molar refractivity (Wildman–Crippen MR) is 154 cm³/mol. The van der Waals surface area contributed by atoms with Gasteiger partial charge in [-0.2, -0.15) is 4.31 Å². The number of piperazine rings is 1. The van der Waals surface area contributed by atoms with Crippen molar-refractivity contribution in [1.82, 2.24) is 28.4 Å². The monoisotopic (exact) mass is 626 g/mol. The van der Waals surface area contributed by atoms with Crippen molar-refractivity contribution in [1.29, 1.82) is 0 Å². The van der Waals surface area contributed by atoms with Crippen molar-refractivity contribution >= 4 is 59.8 Å². The van der Waals surface area contributed by atoms with Crippen molar-refractivity contribution in [3.63, 3.8) is 0 Å². The normalized spacial score (nSPS) is 21.8. The second kappa shape index (κ2) is 10.6. The van der Waals surface area contributed by atoms with Crippen LogP contribution in [0.5, 0.6) is 0 Å². The summed E-state index contributed by atoms with van der Waals surface area (Å²) in [6.45, 7) is 2.43. The summed E-state index contributed by atoms with van der Waals surface area (Å²) < 4.78 is 56.8. The van der Waals surface area contributed by atoms with Crippen LogP contribution >= 0.6 is 22.9 Å². The van der Waals surface area contributed by atoms with E-state index >= 15 is 0 Å². The number of halogens is 1.